The van der Waals surface area contributed by atoms with Gasteiger partial charge in [0.25, 0.3) is 0 Å². The molecule has 28 heavy (non-hydrogen) atoms. The number of sulfonamides is 1. The zero-order valence-electron chi connectivity index (χ0n) is 15.5. The third-order valence-corrected chi connectivity index (χ3v) is 9.40. The Morgan fingerprint density at radius 2 is 1.82 bits per heavy atom. The number of hydrogen-bond donors (Lipinski definition) is 0. The first-order valence-electron chi connectivity index (χ1n) is 9.23. The molecule has 0 radical (unpaired) electrons. The van der Waals surface area contributed by atoms with Crippen LogP contribution in [0.4, 0.5) is 0 Å². The summed E-state index contributed by atoms with van der Waals surface area (Å²) in [5, 5.41) is 0.479. The summed E-state index contributed by atoms with van der Waals surface area (Å²) < 4.78 is 27.0. The van der Waals surface area contributed by atoms with Crippen LogP contribution < -0.4 is 0 Å². The van der Waals surface area contributed by atoms with Crippen LogP contribution in [0.15, 0.2) is 29.2 Å². The lowest BCUT2D eigenvalue weighted by molar-refractivity contribution is -0.144. The summed E-state index contributed by atoms with van der Waals surface area (Å²) in [6.07, 6.45) is 1.26. The van der Waals surface area contributed by atoms with Gasteiger partial charge >= 0.3 is 0 Å². The molecule has 10 heteroatoms. The lowest BCUT2D eigenvalue weighted by atomic mass is 10.2. The van der Waals surface area contributed by atoms with E-state index in [1.807, 2.05) is 6.92 Å². The van der Waals surface area contributed by atoms with Gasteiger partial charge in [0.2, 0.25) is 21.8 Å². The molecule has 3 heterocycles. The topological polar surface area (TPSA) is 78.0 Å². The average Bonchev–Trinajstić information content (AvgIpc) is 3.17. The van der Waals surface area contributed by atoms with Crippen molar-refractivity contribution in [1.82, 2.24) is 14.1 Å². The van der Waals surface area contributed by atoms with Gasteiger partial charge in [-0.3, -0.25) is 9.59 Å². The molecule has 4 rings (SSSR count). The Kier molecular flexibility index (Phi) is 5.14. The second-order valence-corrected chi connectivity index (χ2v) is 11.3. The third kappa shape index (κ3) is 3.32. The van der Waals surface area contributed by atoms with Crippen molar-refractivity contribution in [2.75, 3.05) is 31.9 Å². The molecule has 0 aromatic heterocycles. The van der Waals surface area contributed by atoms with E-state index in [9.17, 15) is 18.0 Å². The van der Waals surface area contributed by atoms with E-state index >= 15 is 0 Å². The summed E-state index contributed by atoms with van der Waals surface area (Å²) in [6.45, 7) is 3.15. The Hall–Kier alpha value is -1.29. The van der Waals surface area contributed by atoms with E-state index in [2.05, 4.69) is 0 Å². The van der Waals surface area contributed by atoms with Crippen LogP contribution in [0, 0.1) is 0 Å². The van der Waals surface area contributed by atoms with Gasteiger partial charge in [0.05, 0.1) is 9.77 Å². The normalized spacial score (nSPS) is 28.6. The Labute approximate surface area is 174 Å². The highest BCUT2D eigenvalue weighted by Crippen LogP contribution is 2.47. The van der Waals surface area contributed by atoms with Gasteiger partial charge in [-0.15, -0.1) is 11.8 Å². The maximum Gasteiger partial charge on any atom is 0.246 e. The predicted octanol–water partition coefficient (Wildman–Crippen LogP) is 1.63. The lowest BCUT2D eigenvalue weighted by Crippen LogP contribution is -2.56. The van der Waals surface area contributed by atoms with Crippen LogP contribution >= 0.6 is 23.4 Å². The molecule has 0 bridgehead atoms. The van der Waals surface area contributed by atoms with Gasteiger partial charge in [0.15, 0.2) is 0 Å². The molecule has 1 aromatic rings. The molecule has 3 aliphatic rings. The molecule has 3 aliphatic heterocycles. The number of thioether (sulfide) groups is 1. The quantitative estimate of drug-likeness (QED) is 0.709. The summed E-state index contributed by atoms with van der Waals surface area (Å²) in [4.78, 5) is 28.7. The predicted molar refractivity (Wildman–Crippen MR) is 108 cm³/mol. The molecule has 152 valence electrons. The molecule has 2 amide bonds. The van der Waals surface area contributed by atoms with Crippen molar-refractivity contribution in [2.24, 2.45) is 0 Å². The van der Waals surface area contributed by atoms with Crippen LogP contribution in [0.2, 0.25) is 5.02 Å². The van der Waals surface area contributed by atoms with Crippen molar-refractivity contribution in [3.63, 3.8) is 0 Å². The monoisotopic (exact) mass is 443 g/mol. The number of hydrogen-bond acceptors (Lipinski definition) is 5. The highest BCUT2D eigenvalue weighted by Gasteiger charge is 2.53. The standard InChI is InChI=1S/C18H22ClN3O4S2/c1-18-7-6-16(23)22(18)15(12-27-18)17(24)20-8-10-21(11-9-20)28(25,26)14-4-2-13(19)3-5-14/h2-5,15H,6-12H2,1H3/t15-,18+/m1/s1. The highest BCUT2D eigenvalue weighted by atomic mass is 35.5. The number of carbonyl (C=O) groups excluding carboxylic acids is 2. The molecule has 0 unspecified atom stereocenters. The van der Waals surface area contributed by atoms with Crippen LogP contribution in [-0.2, 0) is 19.6 Å². The first kappa shape index (κ1) is 20.0. The van der Waals surface area contributed by atoms with E-state index in [1.165, 1.54) is 16.4 Å². The summed E-state index contributed by atoms with van der Waals surface area (Å²) >= 11 is 7.50. The van der Waals surface area contributed by atoms with E-state index in [4.69, 9.17) is 11.6 Å². The smallest absolute Gasteiger partial charge is 0.246 e. The van der Waals surface area contributed by atoms with E-state index < -0.39 is 16.1 Å². The molecule has 2 atom stereocenters. The van der Waals surface area contributed by atoms with E-state index in [-0.39, 0.29) is 34.7 Å². The van der Waals surface area contributed by atoms with Gasteiger partial charge < -0.3 is 9.80 Å². The second-order valence-electron chi connectivity index (χ2n) is 7.45. The summed E-state index contributed by atoms with van der Waals surface area (Å²) in [5.74, 6) is 0.564. The molecule has 0 aliphatic carbocycles. The number of carbonyl (C=O) groups is 2. The fraction of sp³-hybridized carbons (Fsp3) is 0.556. The van der Waals surface area contributed by atoms with Crippen molar-refractivity contribution in [3.8, 4) is 0 Å². The van der Waals surface area contributed by atoms with Gasteiger partial charge in [-0.1, -0.05) is 11.6 Å². The van der Waals surface area contributed by atoms with Crippen LogP contribution in [0.1, 0.15) is 19.8 Å². The number of nitrogens with zero attached hydrogens (tertiary/aromatic N) is 3. The molecule has 0 saturated carbocycles. The number of halogens is 1. The minimum atomic E-state index is -3.61. The summed E-state index contributed by atoms with van der Waals surface area (Å²) in [5.41, 5.74) is 0. The second kappa shape index (κ2) is 7.19. The van der Waals surface area contributed by atoms with Gasteiger partial charge in [0.1, 0.15) is 6.04 Å². The summed E-state index contributed by atoms with van der Waals surface area (Å²) in [6, 6.07) is 5.64. The van der Waals surface area contributed by atoms with Crippen molar-refractivity contribution in [3.05, 3.63) is 29.3 Å². The maximum absolute atomic E-state index is 13.0. The fourth-order valence-electron chi connectivity index (χ4n) is 4.12. The van der Waals surface area contributed by atoms with Crippen molar-refractivity contribution in [1.29, 1.82) is 0 Å². The van der Waals surface area contributed by atoms with E-state index in [0.29, 0.717) is 30.3 Å². The molecule has 3 saturated heterocycles. The molecular formula is C18H22ClN3O4S2. The Morgan fingerprint density at radius 3 is 2.46 bits per heavy atom. The van der Waals surface area contributed by atoms with Gasteiger partial charge in [-0.25, -0.2) is 8.42 Å². The van der Waals surface area contributed by atoms with Gasteiger partial charge in [-0.05, 0) is 37.6 Å². The van der Waals surface area contributed by atoms with E-state index in [0.717, 1.165) is 6.42 Å². The average molecular weight is 444 g/mol. The van der Waals surface area contributed by atoms with Crippen molar-refractivity contribution in [2.45, 2.75) is 35.6 Å². The number of rotatable bonds is 3. The minimum absolute atomic E-state index is 0.0369. The number of benzene rings is 1. The molecule has 0 spiro atoms. The van der Waals surface area contributed by atoms with Crippen LogP contribution in [0.3, 0.4) is 0 Å². The van der Waals surface area contributed by atoms with Crippen LogP contribution in [-0.4, -0.2) is 77.2 Å². The molecule has 3 fully saturated rings. The van der Waals surface area contributed by atoms with Gasteiger partial charge in [-0.2, -0.15) is 4.31 Å². The minimum Gasteiger partial charge on any atom is -0.338 e. The largest absolute Gasteiger partial charge is 0.338 e. The van der Waals surface area contributed by atoms with Crippen LogP contribution in [0.5, 0.6) is 0 Å². The highest BCUT2D eigenvalue weighted by molar-refractivity contribution is 8.01. The lowest BCUT2D eigenvalue weighted by Gasteiger charge is -2.37. The Morgan fingerprint density at radius 1 is 1.18 bits per heavy atom. The maximum atomic E-state index is 13.0. The van der Waals surface area contributed by atoms with Crippen molar-refractivity contribution >= 4 is 45.2 Å². The number of fused-ring (bicyclic) bond motifs is 1. The molecule has 0 N–H and O–H groups in total. The van der Waals surface area contributed by atoms with E-state index in [1.54, 1.807) is 33.7 Å². The number of amides is 2. The zero-order valence-corrected chi connectivity index (χ0v) is 17.9. The fourth-order valence-corrected chi connectivity index (χ4v) is 7.09. The van der Waals surface area contributed by atoms with Crippen molar-refractivity contribution < 1.29 is 18.0 Å². The molecule has 7 nitrogen and oxygen atoms in total. The number of piperazine rings is 1. The molecule has 1 aromatic carbocycles. The molecular weight excluding hydrogens is 422 g/mol. The van der Waals surface area contributed by atoms with Crippen LogP contribution in [0.25, 0.3) is 0 Å². The Bertz CT molecular complexity index is 900. The SMILES string of the molecule is C[C@]12CCC(=O)N1[C@@H](C(=O)N1CCN(S(=O)(=O)c3ccc(Cl)cc3)CC1)CS2. The Balaban J connectivity index is 1.42. The first-order valence-corrected chi connectivity index (χ1v) is 12.0. The summed E-state index contributed by atoms with van der Waals surface area (Å²) in [7, 11) is -3.61. The third-order valence-electron chi connectivity index (χ3n) is 5.73. The zero-order chi connectivity index (χ0) is 20.1. The first-order chi connectivity index (χ1) is 13.2. The van der Waals surface area contributed by atoms with Gasteiger partial charge in [0, 0.05) is 43.4 Å².